The highest BCUT2D eigenvalue weighted by molar-refractivity contribution is 6.00. The van der Waals surface area contributed by atoms with Gasteiger partial charge in [0, 0.05) is 25.0 Å². The van der Waals surface area contributed by atoms with Crippen LogP contribution in [0.2, 0.25) is 0 Å². The van der Waals surface area contributed by atoms with Crippen molar-refractivity contribution >= 4 is 17.3 Å². The molecule has 1 amide bonds. The van der Waals surface area contributed by atoms with Crippen LogP contribution in [-0.2, 0) is 0 Å². The second-order valence-electron chi connectivity index (χ2n) is 5.64. The van der Waals surface area contributed by atoms with E-state index in [9.17, 15) is 4.79 Å². The lowest BCUT2D eigenvalue weighted by molar-refractivity contribution is 0.0964. The molecule has 116 valence electrons. The van der Waals surface area contributed by atoms with Gasteiger partial charge in [0.05, 0.1) is 5.56 Å². The smallest absolute Gasteiger partial charge is 0.253 e. The number of carbonyl (C=O) groups excluding carboxylic acids is 1. The maximum atomic E-state index is 11.9. The Morgan fingerprint density at radius 2 is 2.10 bits per heavy atom. The average molecular weight is 290 g/mol. The Morgan fingerprint density at radius 3 is 2.71 bits per heavy atom. The number of piperidine rings is 1. The summed E-state index contributed by atoms with van der Waals surface area (Å²) < 4.78 is 0. The van der Waals surface area contributed by atoms with Crippen molar-refractivity contribution in [3.8, 4) is 0 Å². The van der Waals surface area contributed by atoms with Crippen molar-refractivity contribution < 1.29 is 4.79 Å². The molecule has 1 heterocycles. The number of hydrogen-bond acceptors (Lipinski definition) is 4. The number of rotatable bonds is 5. The molecule has 1 saturated heterocycles. The van der Waals surface area contributed by atoms with Gasteiger partial charge in [0.1, 0.15) is 0 Å². The molecular weight excluding hydrogens is 264 g/mol. The fourth-order valence-corrected chi connectivity index (χ4v) is 2.80. The number of hydrogen-bond donors (Lipinski definition) is 3. The molecule has 2 rings (SSSR count). The van der Waals surface area contributed by atoms with Gasteiger partial charge in [-0.25, -0.2) is 0 Å². The molecule has 0 spiro atoms. The number of nitrogens with one attached hydrogen (secondary N) is 2. The van der Waals surface area contributed by atoms with E-state index < -0.39 is 0 Å². The monoisotopic (exact) mass is 290 g/mol. The number of likely N-dealkylation sites (tertiary alicyclic amines) is 1. The SMILES string of the molecule is CCN1CCC(CNc2cc(N)ccc2C(=O)NC)CC1. The fraction of sp³-hybridized carbons (Fsp3) is 0.562. The van der Waals surface area contributed by atoms with Crippen molar-refractivity contribution in [2.75, 3.05) is 44.3 Å². The third-order valence-electron chi connectivity index (χ3n) is 4.25. The van der Waals surface area contributed by atoms with Crippen LogP contribution >= 0.6 is 0 Å². The van der Waals surface area contributed by atoms with E-state index in [4.69, 9.17) is 5.73 Å². The topological polar surface area (TPSA) is 70.4 Å². The summed E-state index contributed by atoms with van der Waals surface area (Å²) in [4.78, 5) is 14.4. The van der Waals surface area contributed by atoms with Crippen molar-refractivity contribution in [3.63, 3.8) is 0 Å². The molecule has 0 saturated carbocycles. The average Bonchev–Trinajstić information content (AvgIpc) is 2.52. The molecule has 1 aliphatic heterocycles. The predicted molar refractivity (Wildman–Crippen MR) is 87.6 cm³/mol. The van der Waals surface area contributed by atoms with Crippen molar-refractivity contribution in [1.82, 2.24) is 10.2 Å². The predicted octanol–water partition coefficient (Wildman–Crippen LogP) is 1.77. The van der Waals surface area contributed by atoms with Gasteiger partial charge >= 0.3 is 0 Å². The van der Waals surface area contributed by atoms with Gasteiger partial charge in [0.15, 0.2) is 0 Å². The quantitative estimate of drug-likeness (QED) is 0.723. The maximum Gasteiger partial charge on any atom is 0.253 e. The molecule has 5 heteroatoms. The zero-order valence-electron chi connectivity index (χ0n) is 13.0. The molecule has 0 aromatic heterocycles. The Labute approximate surface area is 126 Å². The molecule has 1 aromatic carbocycles. The second kappa shape index (κ2) is 7.31. The van der Waals surface area contributed by atoms with Crippen LogP contribution in [-0.4, -0.2) is 44.0 Å². The van der Waals surface area contributed by atoms with E-state index in [-0.39, 0.29) is 5.91 Å². The third kappa shape index (κ3) is 4.11. The molecular formula is C16H26N4O. The van der Waals surface area contributed by atoms with Crippen LogP contribution in [0.1, 0.15) is 30.1 Å². The van der Waals surface area contributed by atoms with Crippen LogP contribution in [0.3, 0.4) is 0 Å². The first-order valence-electron chi connectivity index (χ1n) is 7.71. The van der Waals surface area contributed by atoms with Crippen molar-refractivity contribution in [3.05, 3.63) is 23.8 Å². The fourth-order valence-electron chi connectivity index (χ4n) is 2.80. The molecule has 4 N–H and O–H groups in total. The number of nitrogen functional groups attached to an aromatic ring is 1. The summed E-state index contributed by atoms with van der Waals surface area (Å²) >= 11 is 0. The van der Waals surface area contributed by atoms with Crippen LogP contribution < -0.4 is 16.4 Å². The highest BCUT2D eigenvalue weighted by Crippen LogP contribution is 2.22. The number of nitrogens with zero attached hydrogens (tertiary/aromatic N) is 1. The van der Waals surface area contributed by atoms with E-state index in [1.165, 1.54) is 25.9 Å². The molecule has 0 bridgehead atoms. The lowest BCUT2D eigenvalue weighted by Gasteiger charge is -2.31. The van der Waals surface area contributed by atoms with E-state index in [1.54, 1.807) is 19.2 Å². The Balaban J connectivity index is 1.96. The molecule has 0 unspecified atom stereocenters. The minimum atomic E-state index is -0.0849. The first-order valence-corrected chi connectivity index (χ1v) is 7.71. The van der Waals surface area contributed by atoms with E-state index in [1.807, 2.05) is 6.07 Å². The molecule has 21 heavy (non-hydrogen) atoms. The third-order valence-corrected chi connectivity index (χ3v) is 4.25. The van der Waals surface area contributed by atoms with E-state index in [0.29, 0.717) is 17.2 Å². The zero-order chi connectivity index (χ0) is 15.2. The Hall–Kier alpha value is -1.75. The molecule has 5 nitrogen and oxygen atoms in total. The first kappa shape index (κ1) is 15.6. The van der Waals surface area contributed by atoms with E-state index >= 15 is 0 Å². The summed E-state index contributed by atoms with van der Waals surface area (Å²) in [6.07, 6.45) is 2.41. The van der Waals surface area contributed by atoms with Gasteiger partial charge in [0.25, 0.3) is 5.91 Å². The lowest BCUT2D eigenvalue weighted by atomic mass is 9.96. The molecule has 1 aliphatic rings. The van der Waals surface area contributed by atoms with Gasteiger partial charge in [-0.05, 0) is 56.6 Å². The van der Waals surface area contributed by atoms with Gasteiger partial charge < -0.3 is 21.3 Å². The maximum absolute atomic E-state index is 11.9. The van der Waals surface area contributed by atoms with Crippen LogP contribution in [0.4, 0.5) is 11.4 Å². The normalized spacial score (nSPS) is 16.7. The first-order chi connectivity index (χ1) is 10.1. The standard InChI is InChI=1S/C16H26N4O/c1-3-20-8-6-12(7-9-20)11-19-15-10-13(17)4-5-14(15)16(21)18-2/h4-5,10,12,19H,3,6-9,11,17H2,1-2H3,(H,18,21). The summed E-state index contributed by atoms with van der Waals surface area (Å²) in [5.41, 5.74) is 7.98. The van der Waals surface area contributed by atoms with Crippen molar-refractivity contribution in [2.45, 2.75) is 19.8 Å². The summed E-state index contributed by atoms with van der Waals surface area (Å²) in [7, 11) is 1.64. The van der Waals surface area contributed by atoms with Gasteiger partial charge in [-0.2, -0.15) is 0 Å². The number of carbonyl (C=O) groups is 1. The molecule has 0 radical (unpaired) electrons. The van der Waals surface area contributed by atoms with E-state index in [0.717, 1.165) is 18.8 Å². The molecule has 1 aromatic rings. The van der Waals surface area contributed by atoms with Gasteiger partial charge in [-0.1, -0.05) is 6.92 Å². The summed E-state index contributed by atoms with van der Waals surface area (Å²) in [5, 5.41) is 6.08. The largest absolute Gasteiger partial charge is 0.399 e. The van der Waals surface area contributed by atoms with E-state index in [2.05, 4.69) is 22.5 Å². The highest BCUT2D eigenvalue weighted by atomic mass is 16.1. The number of benzene rings is 1. The summed E-state index contributed by atoms with van der Waals surface area (Å²) in [6, 6.07) is 5.37. The number of nitrogens with two attached hydrogens (primary N) is 1. The van der Waals surface area contributed by atoms with Crippen molar-refractivity contribution in [2.24, 2.45) is 5.92 Å². The van der Waals surface area contributed by atoms with Gasteiger partial charge in [-0.3, -0.25) is 4.79 Å². The molecule has 1 fully saturated rings. The number of amides is 1. The van der Waals surface area contributed by atoms with Crippen molar-refractivity contribution in [1.29, 1.82) is 0 Å². The van der Waals surface area contributed by atoms with Crippen LogP contribution in [0.15, 0.2) is 18.2 Å². The van der Waals surface area contributed by atoms with Gasteiger partial charge in [0.2, 0.25) is 0 Å². The molecule has 0 atom stereocenters. The van der Waals surface area contributed by atoms with Gasteiger partial charge in [-0.15, -0.1) is 0 Å². The van der Waals surface area contributed by atoms with Crippen LogP contribution in [0, 0.1) is 5.92 Å². The molecule has 0 aliphatic carbocycles. The summed E-state index contributed by atoms with van der Waals surface area (Å²) in [6.45, 7) is 6.58. The Kier molecular flexibility index (Phi) is 5.44. The Bertz CT molecular complexity index is 481. The van der Waals surface area contributed by atoms with Crippen LogP contribution in [0.25, 0.3) is 0 Å². The minimum absolute atomic E-state index is 0.0849. The lowest BCUT2D eigenvalue weighted by Crippen LogP contribution is -2.35. The number of anilines is 2. The second-order valence-corrected chi connectivity index (χ2v) is 5.64. The van der Waals surface area contributed by atoms with Crippen LogP contribution in [0.5, 0.6) is 0 Å². The Morgan fingerprint density at radius 1 is 1.38 bits per heavy atom. The zero-order valence-corrected chi connectivity index (χ0v) is 13.0. The highest BCUT2D eigenvalue weighted by Gasteiger charge is 2.18. The minimum Gasteiger partial charge on any atom is -0.399 e. The summed E-state index contributed by atoms with van der Waals surface area (Å²) in [5.74, 6) is 0.574.